The monoisotopic (exact) mass is 320 g/mol. The van der Waals surface area contributed by atoms with E-state index in [0.29, 0.717) is 24.8 Å². The quantitative estimate of drug-likeness (QED) is 0.375. The van der Waals surface area contributed by atoms with Crippen molar-refractivity contribution < 1.29 is 19.2 Å². The molecule has 23 heavy (non-hydrogen) atoms. The molecule has 0 fully saturated rings. The Morgan fingerprint density at radius 2 is 2.09 bits per heavy atom. The third-order valence-corrected chi connectivity index (χ3v) is 2.66. The topological polar surface area (TPSA) is 98.5 Å². The minimum absolute atomic E-state index is 0.0315. The molecule has 0 spiro atoms. The summed E-state index contributed by atoms with van der Waals surface area (Å²) in [5, 5.41) is 13.3. The number of benzene rings is 1. The van der Waals surface area contributed by atoms with Gasteiger partial charge in [0.25, 0.3) is 5.69 Å². The normalized spacial score (nSPS) is 11.3. The van der Waals surface area contributed by atoms with Crippen molar-refractivity contribution in [3.8, 4) is 0 Å². The van der Waals surface area contributed by atoms with Crippen LogP contribution >= 0.6 is 0 Å². The van der Waals surface area contributed by atoms with E-state index < -0.39 is 16.6 Å². The molecule has 0 aliphatic rings. The van der Waals surface area contributed by atoms with Crippen molar-refractivity contribution in [3.63, 3.8) is 0 Å². The number of nitro groups is 1. The molecule has 0 saturated carbocycles. The summed E-state index contributed by atoms with van der Waals surface area (Å²) in [6.07, 6.45) is 4.07. The van der Waals surface area contributed by atoms with Crippen molar-refractivity contribution in [2.24, 2.45) is 0 Å². The van der Waals surface area contributed by atoms with Gasteiger partial charge in [0.1, 0.15) is 5.60 Å². The van der Waals surface area contributed by atoms with E-state index in [-0.39, 0.29) is 11.3 Å². The maximum absolute atomic E-state index is 11.4. The molecule has 0 unspecified atom stereocenters. The molecule has 1 aromatic carbocycles. The first-order valence-electron chi connectivity index (χ1n) is 7.10. The lowest BCUT2D eigenvalue weighted by molar-refractivity contribution is -0.385. The number of aldehydes is 1. The van der Waals surface area contributed by atoms with Crippen molar-refractivity contribution in [1.82, 2.24) is 5.32 Å². The maximum atomic E-state index is 11.4. The van der Waals surface area contributed by atoms with Crippen LogP contribution in [0.4, 0.5) is 10.5 Å². The number of hydrogen-bond donors (Lipinski definition) is 1. The number of nitrogens with one attached hydrogen (secondary N) is 1. The molecule has 0 heterocycles. The highest BCUT2D eigenvalue weighted by Crippen LogP contribution is 2.19. The summed E-state index contributed by atoms with van der Waals surface area (Å²) in [5.74, 6) is 0. The summed E-state index contributed by atoms with van der Waals surface area (Å²) < 4.78 is 5.09. The van der Waals surface area contributed by atoms with E-state index in [1.807, 2.05) is 0 Å². The number of hydrogen-bond acceptors (Lipinski definition) is 5. The molecule has 0 aromatic heterocycles. The van der Waals surface area contributed by atoms with Crippen LogP contribution in [0.1, 0.15) is 43.1 Å². The summed E-state index contributed by atoms with van der Waals surface area (Å²) in [6, 6.07) is 4.30. The van der Waals surface area contributed by atoms with Gasteiger partial charge in [0.05, 0.1) is 10.5 Å². The van der Waals surface area contributed by atoms with Crippen LogP contribution < -0.4 is 5.32 Å². The Morgan fingerprint density at radius 1 is 1.39 bits per heavy atom. The van der Waals surface area contributed by atoms with Crippen LogP contribution in [-0.4, -0.2) is 29.4 Å². The largest absolute Gasteiger partial charge is 0.444 e. The number of nitro benzene ring substituents is 1. The molecule has 0 atom stereocenters. The molecule has 124 valence electrons. The number of carbonyl (C=O) groups is 2. The van der Waals surface area contributed by atoms with Gasteiger partial charge >= 0.3 is 6.09 Å². The molecule has 7 nitrogen and oxygen atoms in total. The molecule has 7 heteroatoms. The summed E-state index contributed by atoms with van der Waals surface area (Å²) in [6.45, 7) is 5.75. The summed E-state index contributed by atoms with van der Waals surface area (Å²) in [7, 11) is 0. The molecule has 0 radical (unpaired) electrons. The first-order valence-corrected chi connectivity index (χ1v) is 7.10. The van der Waals surface area contributed by atoms with Gasteiger partial charge in [0.15, 0.2) is 6.29 Å². The van der Waals surface area contributed by atoms with Crippen LogP contribution in [0.2, 0.25) is 0 Å². The zero-order valence-corrected chi connectivity index (χ0v) is 13.4. The molecule has 0 bridgehead atoms. The summed E-state index contributed by atoms with van der Waals surface area (Å²) in [5.41, 5.74) is -0.0491. The van der Waals surface area contributed by atoms with E-state index in [0.717, 1.165) is 0 Å². The predicted molar refractivity (Wildman–Crippen MR) is 86.4 cm³/mol. The van der Waals surface area contributed by atoms with Crippen molar-refractivity contribution in [2.45, 2.75) is 32.8 Å². The van der Waals surface area contributed by atoms with Gasteiger partial charge in [-0.05, 0) is 44.9 Å². The SMILES string of the molecule is CC(C)(C)OC(=O)NCCC=Cc1ccc([N+](=O)[O-])c(C=O)c1. The zero-order chi connectivity index (χ0) is 17.5. The lowest BCUT2D eigenvalue weighted by Crippen LogP contribution is -2.32. The van der Waals surface area contributed by atoms with E-state index in [1.165, 1.54) is 12.1 Å². The van der Waals surface area contributed by atoms with E-state index >= 15 is 0 Å². The number of ether oxygens (including phenoxy) is 1. The highest BCUT2D eigenvalue weighted by Gasteiger charge is 2.15. The zero-order valence-electron chi connectivity index (χ0n) is 13.4. The lowest BCUT2D eigenvalue weighted by Gasteiger charge is -2.19. The van der Waals surface area contributed by atoms with E-state index in [1.54, 1.807) is 39.0 Å². The standard InChI is InChI=1S/C16H20N2O5/c1-16(2,3)23-15(20)17-9-5-4-6-12-7-8-14(18(21)22)13(10-12)11-19/h4,6-8,10-11H,5,9H2,1-3H3,(H,17,20). The molecule has 0 aliphatic carbocycles. The van der Waals surface area contributed by atoms with Crippen LogP contribution in [0, 0.1) is 10.1 Å². The van der Waals surface area contributed by atoms with Crippen molar-refractivity contribution in [2.75, 3.05) is 6.54 Å². The van der Waals surface area contributed by atoms with Gasteiger partial charge in [-0.25, -0.2) is 4.79 Å². The predicted octanol–water partition coefficient (Wildman–Crippen LogP) is 3.34. The van der Waals surface area contributed by atoms with Crippen LogP contribution in [-0.2, 0) is 4.74 Å². The van der Waals surface area contributed by atoms with Gasteiger partial charge in [0.2, 0.25) is 0 Å². The van der Waals surface area contributed by atoms with Crippen LogP contribution in [0.3, 0.4) is 0 Å². The number of carbonyl (C=O) groups excluding carboxylic acids is 2. The average molecular weight is 320 g/mol. The highest BCUT2D eigenvalue weighted by molar-refractivity contribution is 5.82. The molecule has 1 rings (SSSR count). The smallest absolute Gasteiger partial charge is 0.407 e. The Bertz CT molecular complexity index is 617. The Hall–Kier alpha value is -2.70. The summed E-state index contributed by atoms with van der Waals surface area (Å²) >= 11 is 0. The minimum Gasteiger partial charge on any atom is -0.444 e. The van der Waals surface area contributed by atoms with Gasteiger partial charge in [-0.2, -0.15) is 0 Å². The van der Waals surface area contributed by atoms with E-state index in [4.69, 9.17) is 4.74 Å². The summed E-state index contributed by atoms with van der Waals surface area (Å²) in [4.78, 5) is 32.4. The fourth-order valence-electron chi connectivity index (χ4n) is 1.73. The molecule has 1 amide bonds. The third kappa shape index (κ3) is 6.73. The number of rotatable bonds is 6. The van der Waals surface area contributed by atoms with Crippen LogP contribution in [0.25, 0.3) is 6.08 Å². The number of nitrogens with zero attached hydrogens (tertiary/aromatic N) is 1. The molecular formula is C16H20N2O5. The second-order valence-electron chi connectivity index (χ2n) is 5.81. The first-order chi connectivity index (χ1) is 10.7. The van der Waals surface area contributed by atoms with Crippen molar-refractivity contribution in [3.05, 3.63) is 45.5 Å². The first kappa shape index (κ1) is 18.3. The Morgan fingerprint density at radius 3 is 2.65 bits per heavy atom. The minimum atomic E-state index is -0.595. The molecule has 1 N–H and O–H groups in total. The van der Waals surface area contributed by atoms with Gasteiger partial charge in [0, 0.05) is 12.6 Å². The van der Waals surface area contributed by atoms with Gasteiger partial charge in [-0.3, -0.25) is 14.9 Å². The Labute approximate surface area is 134 Å². The fraction of sp³-hybridized carbons (Fsp3) is 0.375. The lowest BCUT2D eigenvalue weighted by atomic mass is 10.1. The van der Waals surface area contributed by atoms with Crippen LogP contribution in [0.15, 0.2) is 24.3 Å². The Kier molecular flexibility index (Phi) is 6.44. The highest BCUT2D eigenvalue weighted by atomic mass is 16.6. The van der Waals surface area contributed by atoms with Crippen molar-refractivity contribution in [1.29, 1.82) is 0 Å². The van der Waals surface area contributed by atoms with Crippen LogP contribution in [0.5, 0.6) is 0 Å². The third-order valence-electron chi connectivity index (χ3n) is 2.66. The molecule has 0 saturated heterocycles. The second kappa shape index (κ2) is 8.07. The molecule has 1 aromatic rings. The van der Waals surface area contributed by atoms with Gasteiger partial charge < -0.3 is 10.1 Å². The Balaban J connectivity index is 2.51. The number of amides is 1. The van der Waals surface area contributed by atoms with E-state index in [9.17, 15) is 19.7 Å². The maximum Gasteiger partial charge on any atom is 0.407 e. The number of alkyl carbamates (subject to hydrolysis) is 1. The van der Waals surface area contributed by atoms with E-state index in [2.05, 4.69) is 5.32 Å². The molecular weight excluding hydrogens is 300 g/mol. The van der Waals surface area contributed by atoms with Gasteiger partial charge in [-0.1, -0.05) is 12.2 Å². The van der Waals surface area contributed by atoms with Crippen molar-refractivity contribution >= 4 is 24.1 Å². The fourth-order valence-corrected chi connectivity index (χ4v) is 1.73. The average Bonchev–Trinajstić information content (AvgIpc) is 2.44. The van der Waals surface area contributed by atoms with Gasteiger partial charge in [-0.15, -0.1) is 0 Å². The second-order valence-corrected chi connectivity index (χ2v) is 5.81. The molecule has 0 aliphatic heterocycles.